The van der Waals surface area contributed by atoms with Gasteiger partial charge in [-0.3, -0.25) is 4.98 Å². The van der Waals surface area contributed by atoms with E-state index in [4.69, 9.17) is 27.5 Å². The maximum atomic E-state index is 13.5. The Bertz CT molecular complexity index is 1140. The molecule has 4 N–H and O–H groups in total. The van der Waals surface area contributed by atoms with Crippen molar-refractivity contribution in [1.29, 1.82) is 0 Å². The zero-order valence-electron chi connectivity index (χ0n) is 13.7. The van der Waals surface area contributed by atoms with Crippen molar-refractivity contribution in [3.8, 4) is 11.5 Å². The van der Waals surface area contributed by atoms with Crippen molar-refractivity contribution in [2.45, 2.75) is 13.0 Å². The molecule has 0 aliphatic heterocycles. The lowest BCUT2D eigenvalue weighted by Gasteiger charge is -2.08. The molecule has 0 fully saturated rings. The Kier molecular flexibility index (Phi) is 4.15. The average molecular weight is 391 g/mol. The molecule has 0 atom stereocenters. The Balaban J connectivity index is 1.76. The van der Waals surface area contributed by atoms with Crippen LogP contribution in [0, 0.1) is 0 Å². The minimum atomic E-state index is -2.71. The van der Waals surface area contributed by atoms with E-state index in [0.717, 1.165) is 0 Å². The molecule has 0 saturated carbocycles. The molecule has 4 rings (SSSR count). The van der Waals surface area contributed by atoms with Gasteiger partial charge in [-0.05, 0) is 24.3 Å². The van der Waals surface area contributed by atoms with Gasteiger partial charge in [0.2, 0.25) is 11.8 Å². The molecule has 0 aliphatic carbocycles. The summed E-state index contributed by atoms with van der Waals surface area (Å²) in [5.74, 6) is 0.349. The summed E-state index contributed by atoms with van der Waals surface area (Å²) in [7, 11) is 0. The lowest BCUT2D eigenvalue weighted by molar-refractivity contribution is 0.141. The third kappa shape index (κ3) is 3.06. The monoisotopic (exact) mass is 390 g/mol. The Labute approximate surface area is 156 Å². The van der Waals surface area contributed by atoms with Gasteiger partial charge in [-0.2, -0.15) is 0 Å². The van der Waals surface area contributed by atoms with Crippen LogP contribution in [0.1, 0.15) is 18.0 Å². The van der Waals surface area contributed by atoms with Crippen LogP contribution in [0.5, 0.6) is 0 Å². The highest BCUT2D eigenvalue weighted by atomic mass is 35.5. The lowest BCUT2D eigenvalue weighted by atomic mass is 10.2. The fourth-order valence-electron chi connectivity index (χ4n) is 2.84. The number of alkyl halides is 2. The number of hydrogen-bond donors (Lipinski definition) is 2. The molecule has 138 valence electrons. The molecule has 1 aromatic carbocycles. The summed E-state index contributed by atoms with van der Waals surface area (Å²) in [5, 5.41) is 8.53. The van der Waals surface area contributed by atoms with E-state index in [9.17, 15) is 8.78 Å². The van der Waals surface area contributed by atoms with Gasteiger partial charge in [-0.15, -0.1) is 10.2 Å². The minimum Gasteiger partial charge on any atom is -0.419 e. The van der Waals surface area contributed by atoms with Crippen molar-refractivity contribution >= 4 is 33.9 Å². The van der Waals surface area contributed by atoms with E-state index in [0.29, 0.717) is 27.8 Å². The molecule has 3 heterocycles. The van der Waals surface area contributed by atoms with E-state index in [1.807, 2.05) is 0 Å². The molecule has 0 bridgehead atoms. The first-order valence-electron chi connectivity index (χ1n) is 7.82. The fraction of sp³-hybridized carbons (Fsp3) is 0.118. The molecule has 0 amide bonds. The van der Waals surface area contributed by atoms with Crippen molar-refractivity contribution in [1.82, 2.24) is 19.7 Å². The standard InChI is InChI=1S/C17H13ClF2N6O/c18-15-10-4-13(16(19)20)26(12(10)2-1-11(15)22)7-14-24-25-17(27-14)8-3-9(21)6-23-5-8/h1-6,16H,7,21-22H2. The number of hydrogen-bond acceptors (Lipinski definition) is 6. The molecular weight excluding hydrogens is 378 g/mol. The molecule has 7 nitrogen and oxygen atoms in total. The van der Waals surface area contributed by atoms with Gasteiger partial charge in [0.15, 0.2) is 0 Å². The van der Waals surface area contributed by atoms with Crippen LogP contribution in [0.15, 0.2) is 41.1 Å². The topological polar surface area (TPSA) is 109 Å². The van der Waals surface area contributed by atoms with E-state index in [1.54, 1.807) is 18.2 Å². The van der Waals surface area contributed by atoms with Crippen LogP contribution in [-0.4, -0.2) is 19.7 Å². The predicted octanol–water partition coefficient (Wildman–Crippen LogP) is 3.89. The summed E-state index contributed by atoms with van der Waals surface area (Å²) in [6.07, 6.45) is 0.290. The molecule has 4 aromatic rings. The molecule has 0 spiro atoms. The van der Waals surface area contributed by atoms with E-state index in [2.05, 4.69) is 15.2 Å². The van der Waals surface area contributed by atoms with Crippen LogP contribution in [0.3, 0.4) is 0 Å². The number of nitrogens with two attached hydrogens (primary N) is 2. The zero-order chi connectivity index (χ0) is 19.1. The largest absolute Gasteiger partial charge is 0.419 e. The van der Waals surface area contributed by atoms with Crippen molar-refractivity contribution in [2.75, 3.05) is 11.5 Å². The van der Waals surface area contributed by atoms with Gasteiger partial charge in [0.1, 0.15) is 6.54 Å². The molecule has 3 aromatic heterocycles. The second kappa shape index (κ2) is 6.51. The lowest BCUT2D eigenvalue weighted by Crippen LogP contribution is -2.05. The van der Waals surface area contributed by atoms with E-state index in [-0.39, 0.29) is 29.0 Å². The van der Waals surface area contributed by atoms with Gasteiger partial charge >= 0.3 is 0 Å². The molecule has 10 heteroatoms. The second-order valence-electron chi connectivity index (χ2n) is 5.87. The fourth-order valence-corrected chi connectivity index (χ4v) is 3.05. The quantitative estimate of drug-likeness (QED) is 0.512. The van der Waals surface area contributed by atoms with Crippen LogP contribution in [0.25, 0.3) is 22.4 Å². The zero-order valence-corrected chi connectivity index (χ0v) is 14.5. The highest BCUT2D eigenvalue weighted by Gasteiger charge is 2.21. The third-order valence-corrected chi connectivity index (χ3v) is 4.49. The number of benzene rings is 1. The van der Waals surface area contributed by atoms with Crippen LogP contribution >= 0.6 is 11.6 Å². The van der Waals surface area contributed by atoms with Gasteiger partial charge in [0.25, 0.3) is 6.43 Å². The summed E-state index contributed by atoms with van der Waals surface area (Å²) in [4.78, 5) is 3.96. The minimum absolute atomic E-state index is 0.0494. The van der Waals surface area contributed by atoms with Gasteiger partial charge in [0, 0.05) is 17.8 Å². The molecule has 0 aliphatic rings. The first kappa shape index (κ1) is 17.2. The number of pyridine rings is 1. The third-order valence-electron chi connectivity index (χ3n) is 4.07. The maximum Gasteiger partial charge on any atom is 0.278 e. The number of nitrogen functional groups attached to an aromatic ring is 2. The van der Waals surface area contributed by atoms with Crippen LogP contribution < -0.4 is 11.5 Å². The smallest absolute Gasteiger partial charge is 0.278 e. The second-order valence-corrected chi connectivity index (χ2v) is 6.24. The molecular formula is C17H13ClF2N6O. The number of halogens is 3. The van der Waals surface area contributed by atoms with Crippen molar-refractivity contribution in [2.24, 2.45) is 0 Å². The number of fused-ring (bicyclic) bond motifs is 1. The summed E-state index contributed by atoms with van der Waals surface area (Å²) in [6.45, 7) is -0.0494. The van der Waals surface area contributed by atoms with Crippen LogP contribution in [-0.2, 0) is 6.54 Å². The SMILES string of the molecule is Nc1cncc(-c2nnc(Cn3c(C(F)F)cc4c(Cl)c(N)ccc43)o2)c1. The Hall–Kier alpha value is -3.20. The number of nitrogens with zero attached hydrogens (tertiary/aromatic N) is 4. The van der Waals surface area contributed by atoms with Crippen LogP contribution in [0.4, 0.5) is 20.2 Å². The maximum absolute atomic E-state index is 13.5. The van der Waals surface area contributed by atoms with Crippen molar-refractivity contribution in [3.63, 3.8) is 0 Å². The van der Waals surface area contributed by atoms with Gasteiger partial charge in [0.05, 0.1) is 33.2 Å². The summed E-state index contributed by atoms with van der Waals surface area (Å²) in [5.41, 5.74) is 13.0. The van der Waals surface area contributed by atoms with E-state index in [1.165, 1.54) is 23.0 Å². The molecule has 0 saturated heterocycles. The summed E-state index contributed by atoms with van der Waals surface area (Å²) >= 11 is 6.16. The van der Waals surface area contributed by atoms with Gasteiger partial charge < -0.3 is 20.5 Å². The Morgan fingerprint density at radius 2 is 1.96 bits per heavy atom. The molecule has 0 radical (unpaired) electrons. The van der Waals surface area contributed by atoms with Crippen LogP contribution in [0.2, 0.25) is 5.02 Å². The summed E-state index contributed by atoms with van der Waals surface area (Å²) in [6, 6.07) is 6.13. The molecule has 0 unspecified atom stereocenters. The highest BCUT2D eigenvalue weighted by molar-refractivity contribution is 6.38. The predicted molar refractivity (Wildman–Crippen MR) is 97.4 cm³/mol. The highest BCUT2D eigenvalue weighted by Crippen LogP contribution is 2.35. The normalized spacial score (nSPS) is 11.6. The Morgan fingerprint density at radius 3 is 2.70 bits per heavy atom. The average Bonchev–Trinajstić information content (AvgIpc) is 3.24. The number of anilines is 2. The van der Waals surface area contributed by atoms with E-state index < -0.39 is 6.43 Å². The summed E-state index contributed by atoms with van der Waals surface area (Å²) < 4.78 is 34.0. The Morgan fingerprint density at radius 1 is 1.15 bits per heavy atom. The first-order valence-corrected chi connectivity index (χ1v) is 8.20. The molecule has 27 heavy (non-hydrogen) atoms. The first-order chi connectivity index (χ1) is 12.9. The number of rotatable bonds is 4. The van der Waals surface area contributed by atoms with Gasteiger partial charge in [-0.1, -0.05) is 11.6 Å². The van der Waals surface area contributed by atoms with Crippen molar-refractivity contribution < 1.29 is 13.2 Å². The van der Waals surface area contributed by atoms with Crippen molar-refractivity contribution in [3.05, 3.63) is 53.3 Å². The van der Waals surface area contributed by atoms with Gasteiger partial charge in [-0.25, -0.2) is 8.78 Å². The van der Waals surface area contributed by atoms with E-state index >= 15 is 0 Å². The number of aromatic nitrogens is 4.